The Kier molecular flexibility index (Phi) is 4.62. The Labute approximate surface area is 157 Å². The van der Waals surface area contributed by atoms with Crippen LogP contribution in [0.5, 0.6) is 0 Å². The van der Waals surface area contributed by atoms with Gasteiger partial charge in [0.2, 0.25) is 0 Å². The molecule has 4 heteroatoms. The zero-order valence-electron chi connectivity index (χ0n) is 14.7. The maximum Gasteiger partial charge on any atom is 0.307 e. The normalized spacial score (nSPS) is 11.0. The van der Waals surface area contributed by atoms with Gasteiger partial charge in [0, 0.05) is 16.5 Å². The van der Waals surface area contributed by atoms with Gasteiger partial charge in [-0.1, -0.05) is 78.9 Å². The van der Waals surface area contributed by atoms with Crippen molar-refractivity contribution in [2.75, 3.05) is 5.32 Å². The second-order valence-corrected chi connectivity index (χ2v) is 6.49. The number of H-pyrrole nitrogens is 1. The minimum absolute atomic E-state index is 0.0390. The molecule has 0 aliphatic rings. The standard InChI is InChI=1S/C23H20N2O2/c26-21(27)15-19-18-13-7-8-14-20(18)24-23(19)25-22(16-9-3-1-4-10-16)17-11-5-2-6-12-17/h1-14,22,24-25H,15H2,(H,26,27). The lowest BCUT2D eigenvalue weighted by Gasteiger charge is -2.21. The number of anilines is 1. The van der Waals surface area contributed by atoms with Crippen LogP contribution in [0.3, 0.4) is 0 Å². The van der Waals surface area contributed by atoms with Crippen LogP contribution in [0.1, 0.15) is 22.7 Å². The fourth-order valence-electron chi connectivity index (χ4n) is 3.45. The number of aromatic amines is 1. The summed E-state index contributed by atoms with van der Waals surface area (Å²) in [4.78, 5) is 14.8. The van der Waals surface area contributed by atoms with Gasteiger partial charge in [0.05, 0.1) is 12.5 Å². The van der Waals surface area contributed by atoms with Gasteiger partial charge in [-0.25, -0.2) is 0 Å². The number of carboxylic acids is 1. The zero-order valence-corrected chi connectivity index (χ0v) is 14.7. The van der Waals surface area contributed by atoms with Crippen molar-refractivity contribution in [3.8, 4) is 0 Å². The van der Waals surface area contributed by atoms with E-state index in [-0.39, 0.29) is 12.5 Å². The third kappa shape index (κ3) is 3.55. The number of benzene rings is 3. The van der Waals surface area contributed by atoms with E-state index in [1.165, 1.54) is 0 Å². The summed E-state index contributed by atoms with van der Waals surface area (Å²) in [6.45, 7) is 0. The number of hydrogen-bond donors (Lipinski definition) is 3. The first-order chi connectivity index (χ1) is 13.2. The largest absolute Gasteiger partial charge is 0.481 e. The molecule has 1 heterocycles. The van der Waals surface area contributed by atoms with Crippen molar-refractivity contribution in [2.24, 2.45) is 0 Å². The minimum Gasteiger partial charge on any atom is -0.481 e. The predicted octanol–water partition coefficient (Wildman–Crippen LogP) is 5.00. The number of carbonyl (C=O) groups is 1. The second kappa shape index (κ2) is 7.38. The average Bonchev–Trinajstić information content (AvgIpc) is 3.04. The molecule has 0 saturated heterocycles. The van der Waals surface area contributed by atoms with Gasteiger partial charge in [-0.3, -0.25) is 4.79 Å². The summed E-state index contributed by atoms with van der Waals surface area (Å²) in [6, 6.07) is 28.0. The maximum atomic E-state index is 11.4. The molecule has 0 aliphatic carbocycles. The van der Waals surface area contributed by atoms with Crippen molar-refractivity contribution in [2.45, 2.75) is 12.5 Å². The van der Waals surface area contributed by atoms with E-state index in [0.717, 1.165) is 33.4 Å². The Hall–Kier alpha value is -3.53. The van der Waals surface area contributed by atoms with Crippen molar-refractivity contribution >= 4 is 22.7 Å². The molecule has 27 heavy (non-hydrogen) atoms. The van der Waals surface area contributed by atoms with Crippen LogP contribution in [-0.2, 0) is 11.2 Å². The molecule has 134 valence electrons. The van der Waals surface area contributed by atoms with E-state index in [1.54, 1.807) is 0 Å². The van der Waals surface area contributed by atoms with Gasteiger partial charge in [0.1, 0.15) is 5.82 Å². The van der Waals surface area contributed by atoms with Crippen molar-refractivity contribution in [1.82, 2.24) is 4.98 Å². The smallest absolute Gasteiger partial charge is 0.307 e. The molecular formula is C23H20N2O2. The summed E-state index contributed by atoms with van der Waals surface area (Å²) in [7, 11) is 0. The van der Waals surface area contributed by atoms with E-state index >= 15 is 0 Å². The van der Waals surface area contributed by atoms with E-state index in [2.05, 4.69) is 34.6 Å². The number of aromatic nitrogens is 1. The number of rotatable bonds is 6. The SMILES string of the molecule is O=C(O)Cc1c(NC(c2ccccc2)c2ccccc2)[nH]c2ccccc12. The highest BCUT2D eigenvalue weighted by molar-refractivity contribution is 5.92. The van der Waals surface area contributed by atoms with Crippen molar-refractivity contribution < 1.29 is 9.90 Å². The fraction of sp³-hybridized carbons (Fsp3) is 0.0870. The van der Waals surface area contributed by atoms with E-state index in [4.69, 9.17) is 0 Å². The van der Waals surface area contributed by atoms with Crippen molar-refractivity contribution in [3.05, 3.63) is 102 Å². The molecule has 1 aromatic heterocycles. The van der Waals surface area contributed by atoms with Crippen LogP contribution in [0.4, 0.5) is 5.82 Å². The molecule has 3 aromatic carbocycles. The lowest BCUT2D eigenvalue weighted by atomic mass is 9.98. The lowest BCUT2D eigenvalue weighted by molar-refractivity contribution is -0.136. The van der Waals surface area contributed by atoms with E-state index < -0.39 is 5.97 Å². The third-order valence-corrected chi connectivity index (χ3v) is 4.70. The topological polar surface area (TPSA) is 65.1 Å². The highest BCUT2D eigenvalue weighted by Gasteiger charge is 2.19. The minimum atomic E-state index is -0.848. The van der Waals surface area contributed by atoms with Gasteiger partial charge in [-0.15, -0.1) is 0 Å². The molecule has 3 N–H and O–H groups in total. The molecule has 0 amide bonds. The number of aliphatic carboxylic acids is 1. The molecule has 0 bridgehead atoms. The first-order valence-electron chi connectivity index (χ1n) is 8.90. The summed E-state index contributed by atoms with van der Waals surface area (Å²) < 4.78 is 0. The molecule has 4 rings (SSSR count). The Morgan fingerprint density at radius 1 is 0.852 bits per heavy atom. The van der Waals surface area contributed by atoms with Crippen LogP contribution in [0, 0.1) is 0 Å². The van der Waals surface area contributed by atoms with Gasteiger partial charge in [-0.2, -0.15) is 0 Å². The van der Waals surface area contributed by atoms with Crippen LogP contribution < -0.4 is 5.32 Å². The second-order valence-electron chi connectivity index (χ2n) is 6.49. The summed E-state index contributed by atoms with van der Waals surface area (Å²) in [5.41, 5.74) is 3.93. The lowest BCUT2D eigenvalue weighted by Crippen LogP contribution is -2.14. The van der Waals surface area contributed by atoms with E-state index in [1.807, 2.05) is 60.7 Å². The monoisotopic (exact) mass is 356 g/mol. The first kappa shape index (κ1) is 16.9. The Bertz CT molecular complexity index is 1020. The van der Waals surface area contributed by atoms with E-state index in [0.29, 0.717) is 0 Å². The number of carboxylic acid groups (broad SMARTS) is 1. The van der Waals surface area contributed by atoms with Crippen LogP contribution in [0.25, 0.3) is 10.9 Å². The Morgan fingerprint density at radius 2 is 1.41 bits per heavy atom. The number of hydrogen-bond acceptors (Lipinski definition) is 2. The van der Waals surface area contributed by atoms with Crippen LogP contribution in [-0.4, -0.2) is 16.1 Å². The summed E-state index contributed by atoms with van der Waals surface area (Å²) in [6.07, 6.45) is -0.0390. The molecule has 0 atom stereocenters. The van der Waals surface area contributed by atoms with Gasteiger partial charge >= 0.3 is 5.97 Å². The number of para-hydroxylation sites is 1. The molecule has 0 aliphatic heterocycles. The van der Waals surface area contributed by atoms with Crippen molar-refractivity contribution in [3.63, 3.8) is 0 Å². The van der Waals surface area contributed by atoms with Crippen LogP contribution in [0.2, 0.25) is 0 Å². The van der Waals surface area contributed by atoms with Gasteiger partial charge < -0.3 is 15.4 Å². The molecule has 0 radical (unpaired) electrons. The zero-order chi connectivity index (χ0) is 18.6. The van der Waals surface area contributed by atoms with Crippen molar-refractivity contribution in [1.29, 1.82) is 0 Å². The molecule has 0 unspecified atom stereocenters. The quantitative estimate of drug-likeness (QED) is 0.456. The molecule has 0 saturated carbocycles. The van der Waals surface area contributed by atoms with Gasteiger partial charge in [0.15, 0.2) is 0 Å². The molecule has 4 nitrogen and oxygen atoms in total. The highest BCUT2D eigenvalue weighted by atomic mass is 16.4. The molecule has 0 spiro atoms. The maximum absolute atomic E-state index is 11.4. The summed E-state index contributed by atoms with van der Waals surface area (Å²) >= 11 is 0. The summed E-state index contributed by atoms with van der Waals surface area (Å²) in [5.74, 6) is -0.102. The highest BCUT2D eigenvalue weighted by Crippen LogP contribution is 2.32. The fourth-order valence-corrected chi connectivity index (χ4v) is 3.45. The molecular weight excluding hydrogens is 336 g/mol. The third-order valence-electron chi connectivity index (χ3n) is 4.70. The van der Waals surface area contributed by atoms with Crippen LogP contribution >= 0.6 is 0 Å². The van der Waals surface area contributed by atoms with Gasteiger partial charge in [-0.05, 0) is 17.2 Å². The average molecular weight is 356 g/mol. The molecule has 0 fully saturated rings. The predicted molar refractivity (Wildman–Crippen MR) is 108 cm³/mol. The van der Waals surface area contributed by atoms with E-state index in [9.17, 15) is 9.90 Å². The summed E-state index contributed by atoms with van der Waals surface area (Å²) in [5, 5.41) is 13.9. The van der Waals surface area contributed by atoms with Crippen LogP contribution in [0.15, 0.2) is 84.9 Å². The number of nitrogens with one attached hydrogen (secondary N) is 2. The van der Waals surface area contributed by atoms with Gasteiger partial charge in [0.25, 0.3) is 0 Å². The number of fused-ring (bicyclic) bond motifs is 1. The Morgan fingerprint density at radius 3 is 2.00 bits per heavy atom. The molecule has 4 aromatic rings. The Balaban J connectivity index is 1.81. The first-order valence-corrected chi connectivity index (χ1v) is 8.90.